The van der Waals surface area contributed by atoms with Gasteiger partial charge in [-0.15, -0.1) is 0 Å². The maximum absolute atomic E-state index is 4.47. The van der Waals surface area contributed by atoms with E-state index in [1.54, 1.807) is 0 Å². The first-order valence-electron chi connectivity index (χ1n) is 7.86. The summed E-state index contributed by atoms with van der Waals surface area (Å²) in [5.74, 6) is 2.05. The molecule has 3 rings (SSSR count). The summed E-state index contributed by atoms with van der Waals surface area (Å²) in [4.78, 5) is 4.47. The number of rotatable bonds is 6. The molecule has 0 bridgehead atoms. The summed E-state index contributed by atoms with van der Waals surface area (Å²) in [6.07, 6.45) is 1.83. The number of H-pyrrole nitrogens is 1. The molecule has 0 aliphatic carbocycles. The molecule has 3 aromatic rings. The van der Waals surface area contributed by atoms with Crippen molar-refractivity contribution in [3.8, 4) is 5.69 Å². The molecule has 0 unspecified atom stereocenters. The van der Waals surface area contributed by atoms with Crippen LogP contribution in [0, 0.1) is 6.92 Å². The largest absolute Gasteiger partial charge is 0.304 e. The van der Waals surface area contributed by atoms with Gasteiger partial charge in [-0.1, -0.05) is 32.0 Å². The van der Waals surface area contributed by atoms with Crippen molar-refractivity contribution in [1.82, 2.24) is 30.3 Å². The third-order valence-corrected chi connectivity index (χ3v) is 3.73. The van der Waals surface area contributed by atoms with Gasteiger partial charge in [0.15, 0.2) is 5.82 Å². The number of para-hydroxylation sites is 1. The quantitative estimate of drug-likeness (QED) is 0.734. The zero-order valence-corrected chi connectivity index (χ0v) is 13.7. The lowest BCUT2D eigenvalue weighted by molar-refractivity contribution is 0.633. The van der Waals surface area contributed by atoms with Crippen molar-refractivity contribution < 1.29 is 0 Å². The third-order valence-electron chi connectivity index (χ3n) is 3.73. The molecular weight excluding hydrogens is 288 g/mol. The Morgan fingerprint density at radius 3 is 2.74 bits per heavy atom. The molecule has 6 heteroatoms. The number of aryl methyl sites for hydroxylation is 1. The van der Waals surface area contributed by atoms with Gasteiger partial charge in [0, 0.05) is 18.7 Å². The smallest absolute Gasteiger partial charge is 0.153 e. The molecule has 6 nitrogen and oxygen atoms in total. The van der Waals surface area contributed by atoms with Crippen LogP contribution < -0.4 is 5.32 Å². The molecule has 1 aromatic carbocycles. The Hall–Kier alpha value is -2.47. The molecule has 2 N–H and O–H groups in total. The van der Waals surface area contributed by atoms with Crippen LogP contribution in [0.15, 0.2) is 36.5 Å². The van der Waals surface area contributed by atoms with E-state index in [-0.39, 0.29) is 0 Å². The van der Waals surface area contributed by atoms with E-state index in [4.69, 9.17) is 0 Å². The number of nitrogens with zero attached hydrogens (tertiary/aromatic N) is 4. The fourth-order valence-electron chi connectivity index (χ4n) is 2.44. The molecule has 23 heavy (non-hydrogen) atoms. The van der Waals surface area contributed by atoms with Crippen LogP contribution in [0.2, 0.25) is 0 Å². The average Bonchev–Trinajstić information content (AvgIpc) is 3.17. The summed E-state index contributed by atoms with van der Waals surface area (Å²) in [7, 11) is 0. The van der Waals surface area contributed by atoms with Gasteiger partial charge in [0.2, 0.25) is 0 Å². The highest BCUT2D eigenvalue weighted by Gasteiger charge is 2.09. The number of aromatic amines is 1. The van der Waals surface area contributed by atoms with E-state index in [1.807, 2.05) is 29.1 Å². The summed E-state index contributed by atoms with van der Waals surface area (Å²) in [6, 6.07) is 10.3. The van der Waals surface area contributed by atoms with Crippen molar-refractivity contribution in [2.75, 3.05) is 0 Å². The predicted molar refractivity (Wildman–Crippen MR) is 89.3 cm³/mol. The second kappa shape index (κ2) is 6.75. The molecule has 0 atom stereocenters. The van der Waals surface area contributed by atoms with E-state index in [1.165, 1.54) is 5.56 Å². The molecule has 0 saturated carbocycles. The first kappa shape index (κ1) is 15.4. The van der Waals surface area contributed by atoms with E-state index >= 15 is 0 Å². The Bertz CT molecular complexity index is 771. The van der Waals surface area contributed by atoms with E-state index in [9.17, 15) is 0 Å². The molecule has 2 heterocycles. The molecule has 120 valence electrons. The lowest BCUT2D eigenvalue weighted by atomic mass is 10.2. The fourth-order valence-corrected chi connectivity index (χ4v) is 2.44. The van der Waals surface area contributed by atoms with Crippen molar-refractivity contribution in [3.63, 3.8) is 0 Å². The van der Waals surface area contributed by atoms with Gasteiger partial charge >= 0.3 is 0 Å². The van der Waals surface area contributed by atoms with Crippen LogP contribution in [0.1, 0.15) is 42.7 Å². The normalized spacial score (nSPS) is 11.3. The highest BCUT2D eigenvalue weighted by Crippen LogP contribution is 2.15. The molecule has 0 radical (unpaired) electrons. The molecule has 0 aliphatic rings. The molecule has 0 spiro atoms. The minimum absolute atomic E-state index is 0.336. The van der Waals surface area contributed by atoms with Gasteiger partial charge in [0.1, 0.15) is 5.82 Å². The second-order valence-corrected chi connectivity index (χ2v) is 5.92. The minimum Gasteiger partial charge on any atom is -0.304 e. The van der Waals surface area contributed by atoms with Crippen LogP contribution in [0.25, 0.3) is 5.69 Å². The second-order valence-electron chi connectivity index (χ2n) is 5.92. The molecule has 0 saturated heterocycles. The zero-order valence-electron chi connectivity index (χ0n) is 13.7. The number of benzene rings is 1. The maximum Gasteiger partial charge on any atom is 0.153 e. The number of aromatic nitrogens is 5. The Morgan fingerprint density at radius 1 is 1.17 bits per heavy atom. The van der Waals surface area contributed by atoms with Crippen LogP contribution in [0.4, 0.5) is 0 Å². The topological polar surface area (TPSA) is 71.4 Å². The first-order valence-corrected chi connectivity index (χ1v) is 7.86. The summed E-state index contributed by atoms with van der Waals surface area (Å²) in [5.41, 5.74) is 3.42. The monoisotopic (exact) mass is 310 g/mol. The molecule has 0 aliphatic heterocycles. The van der Waals surface area contributed by atoms with Crippen LogP contribution >= 0.6 is 0 Å². The predicted octanol–water partition coefficient (Wildman–Crippen LogP) is 2.71. The van der Waals surface area contributed by atoms with E-state index in [0.717, 1.165) is 23.0 Å². The summed E-state index contributed by atoms with van der Waals surface area (Å²) in [6.45, 7) is 7.63. The summed E-state index contributed by atoms with van der Waals surface area (Å²) >= 11 is 0. The van der Waals surface area contributed by atoms with E-state index in [0.29, 0.717) is 19.0 Å². The average molecular weight is 310 g/mol. The lowest BCUT2D eigenvalue weighted by Crippen LogP contribution is -2.17. The maximum atomic E-state index is 4.47. The fraction of sp³-hybridized carbons (Fsp3) is 0.353. The summed E-state index contributed by atoms with van der Waals surface area (Å²) < 4.78 is 1.97. The van der Waals surface area contributed by atoms with Crippen molar-refractivity contribution in [1.29, 1.82) is 0 Å². The van der Waals surface area contributed by atoms with Gasteiger partial charge in [-0.3, -0.25) is 5.10 Å². The lowest BCUT2D eigenvalue weighted by Gasteiger charge is -2.10. The third kappa shape index (κ3) is 3.48. The SMILES string of the molecule is Cc1ccccc1-n1nccc1CNCc1nc(C(C)C)n[nH]1. The van der Waals surface area contributed by atoms with Crippen molar-refractivity contribution in [2.45, 2.75) is 39.8 Å². The Labute approximate surface area is 136 Å². The molecular formula is C17H22N6. The Kier molecular flexibility index (Phi) is 4.52. The highest BCUT2D eigenvalue weighted by molar-refractivity contribution is 5.40. The highest BCUT2D eigenvalue weighted by atomic mass is 15.3. The Morgan fingerprint density at radius 2 is 2.00 bits per heavy atom. The molecule has 0 amide bonds. The van der Waals surface area contributed by atoms with Crippen LogP contribution in [0.3, 0.4) is 0 Å². The van der Waals surface area contributed by atoms with Crippen molar-refractivity contribution >= 4 is 0 Å². The van der Waals surface area contributed by atoms with Gasteiger partial charge in [-0.2, -0.15) is 10.2 Å². The number of hydrogen-bond donors (Lipinski definition) is 2. The number of hydrogen-bond acceptors (Lipinski definition) is 4. The summed E-state index contributed by atoms with van der Waals surface area (Å²) in [5, 5.41) is 15.0. The zero-order chi connectivity index (χ0) is 16.2. The van der Waals surface area contributed by atoms with Gasteiger partial charge in [0.25, 0.3) is 0 Å². The minimum atomic E-state index is 0.336. The van der Waals surface area contributed by atoms with Crippen molar-refractivity contribution in [2.24, 2.45) is 0 Å². The molecule has 0 fully saturated rings. The van der Waals surface area contributed by atoms with Crippen LogP contribution in [-0.4, -0.2) is 25.0 Å². The van der Waals surface area contributed by atoms with Crippen molar-refractivity contribution in [3.05, 3.63) is 59.4 Å². The van der Waals surface area contributed by atoms with E-state index in [2.05, 4.69) is 58.5 Å². The first-order chi connectivity index (χ1) is 11.1. The van der Waals surface area contributed by atoms with Gasteiger partial charge in [0.05, 0.1) is 17.9 Å². The van der Waals surface area contributed by atoms with E-state index < -0.39 is 0 Å². The number of nitrogens with one attached hydrogen (secondary N) is 2. The van der Waals surface area contributed by atoms with Crippen LogP contribution in [-0.2, 0) is 13.1 Å². The standard InChI is InChI=1S/C17H22N6/c1-12(2)17-20-16(21-22-17)11-18-10-14-8-9-19-23(14)15-7-5-4-6-13(15)3/h4-9,12,18H,10-11H2,1-3H3,(H,20,21,22). The Balaban J connectivity index is 1.65. The van der Waals surface area contributed by atoms with Gasteiger partial charge < -0.3 is 5.32 Å². The van der Waals surface area contributed by atoms with Crippen LogP contribution in [0.5, 0.6) is 0 Å². The van der Waals surface area contributed by atoms with Gasteiger partial charge in [-0.05, 0) is 24.6 Å². The van der Waals surface area contributed by atoms with Gasteiger partial charge in [-0.25, -0.2) is 9.67 Å². The molecule has 2 aromatic heterocycles.